The molecule has 6 rings (SSSR count). The SMILES string of the molecule is CC1(C)c2cccc3c2B2c4c1cccc4C(C)(C)c1cccc(c12)C3(C)C. The van der Waals surface area contributed by atoms with Crippen LogP contribution in [0, 0.1) is 0 Å². The van der Waals surface area contributed by atoms with E-state index in [1.165, 1.54) is 33.4 Å². The number of hydrogen-bond acceptors (Lipinski definition) is 0. The van der Waals surface area contributed by atoms with Crippen molar-refractivity contribution >= 4 is 23.1 Å². The van der Waals surface area contributed by atoms with E-state index < -0.39 is 0 Å². The molecule has 0 unspecified atom stereocenters. The van der Waals surface area contributed by atoms with Crippen LogP contribution in [0.3, 0.4) is 0 Å². The molecule has 3 aliphatic heterocycles. The fourth-order valence-corrected chi connectivity index (χ4v) is 6.77. The molecule has 0 spiro atoms. The second-order valence-electron chi connectivity index (χ2n) is 10.6. The van der Waals surface area contributed by atoms with E-state index in [2.05, 4.69) is 96.1 Å². The van der Waals surface area contributed by atoms with Crippen LogP contribution in [-0.4, -0.2) is 6.71 Å². The molecule has 0 fully saturated rings. The first-order valence-electron chi connectivity index (χ1n) is 10.6. The van der Waals surface area contributed by atoms with Gasteiger partial charge in [-0.2, -0.15) is 0 Å². The zero-order chi connectivity index (χ0) is 19.6. The van der Waals surface area contributed by atoms with Crippen molar-refractivity contribution < 1.29 is 0 Å². The fourth-order valence-electron chi connectivity index (χ4n) is 6.77. The number of hydrogen-bond donors (Lipinski definition) is 0. The van der Waals surface area contributed by atoms with E-state index in [1.54, 1.807) is 16.4 Å². The Morgan fingerprint density at radius 3 is 0.857 bits per heavy atom. The summed E-state index contributed by atoms with van der Waals surface area (Å²) in [5.74, 6) is 0. The molecule has 138 valence electrons. The molecule has 0 radical (unpaired) electrons. The summed E-state index contributed by atoms with van der Waals surface area (Å²) in [6, 6.07) is 21.2. The summed E-state index contributed by atoms with van der Waals surface area (Å²) in [4.78, 5) is 0. The summed E-state index contributed by atoms with van der Waals surface area (Å²) >= 11 is 0. The van der Waals surface area contributed by atoms with Gasteiger partial charge in [0.15, 0.2) is 0 Å². The molecule has 0 nitrogen and oxygen atoms in total. The summed E-state index contributed by atoms with van der Waals surface area (Å²) in [5.41, 5.74) is 14.0. The summed E-state index contributed by atoms with van der Waals surface area (Å²) in [6.07, 6.45) is 0. The van der Waals surface area contributed by atoms with Crippen LogP contribution in [0.25, 0.3) is 0 Å². The van der Waals surface area contributed by atoms with E-state index in [-0.39, 0.29) is 16.2 Å². The Bertz CT molecular complexity index is 969. The van der Waals surface area contributed by atoms with Crippen molar-refractivity contribution in [2.75, 3.05) is 0 Å². The lowest BCUT2D eigenvalue weighted by atomic mass is 9.23. The van der Waals surface area contributed by atoms with Gasteiger partial charge in [0.1, 0.15) is 0 Å². The van der Waals surface area contributed by atoms with Crippen LogP contribution in [0.15, 0.2) is 54.6 Å². The highest BCUT2D eigenvalue weighted by Gasteiger charge is 2.53. The second-order valence-corrected chi connectivity index (χ2v) is 10.6. The van der Waals surface area contributed by atoms with Gasteiger partial charge < -0.3 is 0 Å². The summed E-state index contributed by atoms with van der Waals surface area (Å²) in [5, 5.41) is 0. The molecule has 0 bridgehead atoms. The van der Waals surface area contributed by atoms with E-state index in [0.717, 1.165) is 0 Å². The highest BCUT2D eigenvalue weighted by atomic mass is 14.5. The van der Waals surface area contributed by atoms with Crippen LogP contribution in [0.4, 0.5) is 0 Å². The smallest absolute Gasteiger partial charge is 0.0617 e. The van der Waals surface area contributed by atoms with E-state index in [1.807, 2.05) is 0 Å². The third kappa shape index (κ3) is 1.59. The first kappa shape index (κ1) is 16.7. The van der Waals surface area contributed by atoms with Crippen molar-refractivity contribution in [3.8, 4) is 0 Å². The van der Waals surface area contributed by atoms with E-state index >= 15 is 0 Å². The topological polar surface area (TPSA) is 0 Å². The Hall–Kier alpha value is -2.28. The van der Waals surface area contributed by atoms with Crippen molar-refractivity contribution in [3.05, 3.63) is 88.0 Å². The van der Waals surface area contributed by atoms with Crippen molar-refractivity contribution in [3.63, 3.8) is 0 Å². The van der Waals surface area contributed by atoms with Crippen molar-refractivity contribution in [2.45, 2.75) is 57.8 Å². The molecule has 0 amide bonds. The predicted molar refractivity (Wildman–Crippen MR) is 120 cm³/mol. The normalized spacial score (nSPS) is 20.6. The number of benzene rings is 3. The maximum atomic E-state index is 2.42. The molecule has 3 aromatic carbocycles. The van der Waals surface area contributed by atoms with Gasteiger partial charge in [0.05, 0.1) is 0 Å². The third-order valence-electron chi connectivity index (χ3n) is 8.22. The van der Waals surface area contributed by atoms with Gasteiger partial charge >= 0.3 is 0 Å². The highest BCUT2D eigenvalue weighted by Crippen LogP contribution is 2.45. The van der Waals surface area contributed by atoms with Gasteiger partial charge in [-0.25, -0.2) is 0 Å². The Balaban J connectivity index is 1.90. The molecule has 0 aromatic heterocycles. The van der Waals surface area contributed by atoms with Crippen LogP contribution >= 0.6 is 0 Å². The molecule has 28 heavy (non-hydrogen) atoms. The summed E-state index contributed by atoms with van der Waals surface area (Å²) in [7, 11) is 0. The minimum atomic E-state index is 0.0309. The van der Waals surface area contributed by atoms with Crippen molar-refractivity contribution in [1.82, 2.24) is 0 Å². The average molecular weight is 362 g/mol. The van der Waals surface area contributed by atoms with Crippen LogP contribution in [0.5, 0.6) is 0 Å². The van der Waals surface area contributed by atoms with E-state index in [9.17, 15) is 0 Å². The van der Waals surface area contributed by atoms with Gasteiger partial charge in [-0.1, -0.05) is 113 Å². The zero-order valence-corrected chi connectivity index (χ0v) is 17.8. The summed E-state index contributed by atoms with van der Waals surface area (Å²) in [6.45, 7) is 14.9. The predicted octanol–water partition coefficient (Wildman–Crippen LogP) is 4.12. The molecule has 0 saturated carbocycles. The molecular formula is C27H27B. The molecule has 0 N–H and O–H groups in total. The Kier molecular flexibility index (Phi) is 2.76. The van der Waals surface area contributed by atoms with Crippen LogP contribution in [-0.2, 0) is 16.2 Å². The number of rotatable bonds is 0. The van der Waals surface area contributed by atoms with Gasteiger partial charge in [0.2, 0.25) is 6.71 Å². The Labute approximate surface area is 169 Å². The third-order valence-corrected chi connectivity index (χ3v) is 8.22. The van der Waals surface area contributed by atoms with Gasteiger partial charge in [0.25, 0.3) is 0 Å². The van der Waals surface area contributed by atoms with Gasteiger partial charge in [-0.3, -0.25) is 0 Å². The molecule has 3 heterocycles. The lowest BCUT2D eigenvalue weighted by Gasteiger charge is -2.52. The first-order valence-corrected chi connectivity index (χ1v) is 10.6. The molecule has 0 aliphatic carbocycles. The van der Waals surface area contributed by atoms with Crippen molar-refractivity contribution in [2.24, 2.45) is 0 Å². The highest BCUT2D eigenvalue weighted by molar-refractivity contribution is 6.98. The minimum Gasteiger partial charge on any atom is -0.0617 e. The van der Waals surface area contributed by atoms with Crippen LogP contribution < -0.4 is 16.4 Å². The average Bonchev–Trinajstić information content (AvgIpc) is 2.66. The second kappa shape index (κ2) is 4.65. The Morgan fingerprint density at radius 1 is 0.429 bits per heavy atom. The van der Waals surface area contributed by atoms with Gasteiger partial charge in [-0.05, 0) is 33.4 Å². The molecule has 3 aliphatic rings. The monoisotopic (exact) mass is 362 g/mol. The summed E-state index contributed by atoms with van der Waals surface area (Å²) < 4.78 is 0. The lowest BCUT2D eigenvalue weighted by Crippen LogP contribution is -2.71. The van der Waals surface area contributed by atoms with Crippen LogP contribution in [0.2, 0.25) is 0 Å². The standard InChI is InChI=1S/C27H27B/c1-25(2)16-10-7-12-18-22(16)28-23-17(25)11-8-13-19(23)27(5,6)21-15-9-14-20(24(21)28)26(18,3)4/h7-15H,1-6H3. The molecule has 0 saturated heterocycles. The van der Waals surface area contributed by atoms with E-state index in [4.69, 9.17) is 0 Å². The maximum absolute atomic E-state index is 2.42. The van der Waals surface area contributed by atoms with Gasteiger partial charge in [-0.15, -0.1) is 0 Å². The maximum Gasteiger partial charge on any atom is 0.243 e. The molecule has 3 aromatic rings. The molecule has 0 atom stereocenters. The Morgan fingerprint density at radius 2 is 0.643 bits per heavy atom. The van der Waals surface area contributed by atoms with Crippen molar-refractivity contribution in [1.29, 1.82) is 0 Å². The van der Waals surface area contributed by atoms with Crippen LogP contribution in [0.1, 0.15) is 74.9 Å². The minimum absolute atomic E-state index is 0.0309. The quantitative estimate of drug-likeness (QED) is 0.528. The largest absolute Gasteiger partial charge is 0.243 e. The first-order chi connectivity index (χ1) is 13.2. The zero-order valence-electron chi connectivity index (χ0n) is 17.8. The lowest BCUT2D eigenvalue weighted by molar-refractivity contribution is 0.599. The van der Waals surface area contributed by atoms with Gasteiger partial charge in [0, 0.05) is 16.2 Å². The molecule has 1 heteroatoms. The van der Waals surface area contributed by atoms with E-state index in [0.29, 0.717) is 6.71 Å². The fraction of sp³-hybridized carbons (Fsp3) is 0.333. The molecular weight excluding hydrogens is 335 g/mol.